The van der Waals surface area contributed by atoms with Crippen molar-refractivity contribution in [3.05, 3.63) is 42.5 Å². The van der Waals surface area contributed by atoms with E-state index in [1.165, 1.54) is 6.33 Å². The summed E-state index contributed by atoms with van der Waals surface area (Å²) in [5.74, 6) is -0.139. The highest BCUT2D eigenvalue weighted by molar-refractivity contribution is 5.97. The Balaban J connectivity index is 1.89. The van der Waals surface area contributed by atoms with E-state index >= 15 is 0 Å². The first kappa shape index (κ1) is 14.7. The Morgan fingerprint density at radius 3 is 3.05 bits per heavy atom. The van der Waals surface area contributed by atoms with Crippen LogP contribution in [0.3, 0.4) is 0 Å². The van der Waals surface area contributed by atoms with Gasteiger partial charge in [0.25, 0.3) is 5.91 Å². The third-order valence-corrected chi connectivity index (χ3v) is 3.68. The summed E-state index contributed by atoms with van der Waals surface area (Å²) in [6.07, 6.45) is 3.00. The van der Waals surface area contributed by atoms with Crippen LogP contribution in [-0.4, -0.2) is 63.6 Å². The van der Waals surface area contributed by atoms with Crippen molar-refractivity contribution in [1.82, 2.24) is 19.7 Å². The van der Waals surface area contributed by atoms with Gasteiger partial charge in [0.2, 0.25) is 0 Å². The van der Waals surface area contributed by atoms with Gasteiger partial charge in [0.1, 0.15) is 12.7 Å². The Morgan fingerprint density at radius 1 is 1.41 bits per heavy atom. The second-order valence-electron chi connectivity index (χ2n) is 5.23. The fourth-order valence-electron chi connectivity index (χ4n) is 2.53. The molecule has 1 amide bonds. The lowest BCUT2D eigenvalue weighted by Crippen LogP contribution is -2.37. The van der Waals surface area contributed by atoms with E-state index < -0.39 is 0 Å². The molecule has 2 heterocycles. The second-order valence-corrected chi connectivity index (χ2v) is 5.23. The van der Waals surface area contributed by atoms with Gasteiger partial charge in [-0.1, -0.05) is 12.1 Å². The van der Waals surface area contributed by atoms with Gasteiger partial charge in [-0.3, -0.25) is 4.79 Å². The van der Waals surface area contributed by atoms with Crippen molar-refractivity contribution >= 4 is 5.91 Å². The second kappa shape index (κ2) is 6.67. The Morgan fingerprint density at radius 2 is 2.27 bits per heavy atom. The van der Waals surface area contributed by atoms with Crippen LogP contribution in [0.25, 0.3) is 5.69 Å². The lowest BCUT2D eigenvalue weighted by Gasteiger charge is -2.23. The van der Waals surface area contributed by atoms with Crippen molar-refractivity contribution in [2.24, 2.45) is 5.92 Å². The van der Waals surface area contributed by atoms with Crippen LogP contribution < -0.4 is 0 Å². The quantitative estimate of drug-likeness (QED) is 0.885. The minimum Gasteiger partial charge on any atom is -0.396 e. The third kappa shape index (κ3) is 3.00. The Kier molecular flexibility index (Phi) is 4.45. The van der Waals surface area contributed by atoms with E-state index in [2.05, 4.69) is 10.1 Å². The van der Waals surface area contributed by atoms with E-state index in [1.807, 2.05) is 18.2 Å². The van der Waals surface area contributed by atoms with Gasteiger partial charge in [-0.15, -0.1) is 0 Å². The van der Waals surface area contributed by atoms with E-state index in [0.29, 0.717) is 37.6 Å². The third-order valence-electron chi connectivity index (χ3n) is 3.68. The number of ether oxygens (including phenoxy) is 1. The Labute approximate surface area is 128 Å². The molecule has 0 radical (unpaired) electrons. The maximum atomic E-state index is 12.9. The summed E-state index contributed by atoms with van der Waals surface area (Å²) in [5, 5.41) is 13.4. The van der Waals surface area contributed by atoms with Crippen LogP contribution in [0.1, 0.15) is 10.4 Å². The molecule has 22 heavy (non-hydrogen) atoms. The van der Waals surface area contributed by atoms with Crippen LogP contribution in [-0.2, 0) is 4.74 Å². The molecular formula is C15H18N4O3. The molecule has 7 nitrogen and oxygen atoms in total. The fraction of sp³-hybridized carbons (Fsp3) is 0.400. The molecule has 1 atom stereocenters. The van der Waals surface area contributed by atoms with Crippen molar-refractivity contribution < 1.29 is 14.6 Å². The minimum atomic E-state index is -0.0879. The van der Waals surface area contributed by atoms with Crippen LogP contribution in [0.15, 0.2) is 36.9 Å². The van der Waals surface area contributed by atoms with Gasteiger partial charge >= 0.3 is 0 Å². The normalized spacial score (nSPS) is 19.0. The molecule has 0 bridgehead atoms. The minimum absolute atomic E-state index is 0.00844. The molecule has 1 aromatic carbocycles. The predicted octanol–water partition coefficient (Wildman–Crippen LogP) is 0.348. The molecule has 1 saturated heterocycles. The smallest absolute Gasteiger partial charge is 0.256 e. The zero-order chi connectivity index (χ0) is 15.4. The van der Waals surface area contributed by atoms with Crippen LogP contribution in [0.4, 0.5) is 0 Å². The van der Waals surface area contributed by atoms with Crippen LogP contribution in [0.2, 0.25) is 0 Å². The lowest BCUT2D eigenvalue weighted by atomic mass is 10.1. The molecule has 1 fully saturated rings. The molecule has 1 aliphatic heterocycles. The predicted molar refractivity (Wildman–Crippen MR) is 78.7 cm³/mol. The van der Waals surface area contributed by atoms with Gasteiger partial charge < -0.3 is 14.7 Å². The summed E-state index contributed by atoms with van der Waals surface area (Å²) in [6.45, 7) is 1.97. The molecule has 0 unspecified atom stereocenters. The van der Waals surface area contributed by atoms with Crippen molar-refractivity contribution in [1.29, 1.82) is 0 Å². The molecule has 1 N–H and O–H groups in total. The van der Waals surface area contributed by atoms with E-state index in [-0.39, 0.29) is 18.4 Å². The number of rotatable bonds is 3. The van der Waals surface area contributed by atoms with Crippen molar-refractivity contribution in [3.8, 4) is 5.69 Å². The average Bonchev–Trinajstić information content (AvgIpc) is 2.99. The van der Waals surface area contributed by atoms with Gasteiger partial charge in [-0.05, 0) is 12.1 Å². The molecule has 0 spiro atoms. The molecule has 0 saturated carbocycles. The first-order valence-corrected chi connectivity index (χ1v) is 7.21. The van der Waals surface area contributed by atoms with Crippen molar-refractivity contribution in [2.75, 3.05) is 32.9 Å². The van der Waals surface area contributed by atoms with Gasteiger partial charge in [0.15, 0.2) is 0 Å². The molecule has 116 valence electrons. The maximum absolute atomic E-state index is 12.9. The van der Waals surface area contributed by atoms with Gasteiger partial charge in [-0.25, -0.2) is 9.67 Å². The maximum Gasteiger partial charge on any atom is 0.256 e. The number of carbonyl (C=O) groups excluding carboxylic acids is 1. The van der Waals surface area contributed by atoms with E-state index in [0.717, 1.165) is 0 Å². The zero-order valence-corrected chi connectivity index (χ0v) is 12.1. The molecule has 1 aromatic heterocycles. The van der Waals surface area contributed by atoms with E-state index in [4.69, 9.17) is 4.74 Å². The highest BCUT2D eigenvalue weighted by Crippen LogP contribution is 2.17. The number of aromatic nitrogens is 3. The van der Waals surface area contributed by atoms with Gasteiger partial charge in [0.05, 0.1) is 24.5 Å². The molecule has 3 rings (SSSR count). The Bertz CT molecular complexity index is 629. The standard InChI is InChI=1S/C15H18N4O3/c20-8-12-7-18(5-6-22-9-12)15(21)13-3-1-2-4-14(13)19-11-16-10-17-19/h1-4,10-12,20H,5-9H2/t12-/m1/s1. The van der Waals surface area contributed by atoms with Crippen molar-refractivity contribution in [3.63, 3.8) is 0 Å². The molecular weight excluding hydrogens is 284 g/mol. The number of hydrogen-bond donors (Lipinski definition) is 1. The summed E-state index contributed by atoms with van der Waals surface area (Å²) < 4.78 is 7.01. The number of amides is 1. The van der Waals surface area contributed by atoms with Crippen LogP contribution in [0, 0.1) is 5.92 Å². The summed E-state index contributed by atoms with van der Waals surface area (Å²) in [6, 6.07) is 7.29. The molecule has 1 aliphatic rings. The Hall–Kier alpha value is -2.25. The SMILES string of the molecule is O=C(c1ccccc1-n1cncn1)N1CCOC[C@@H](CO)C1. The van der Waals surface area contributed by atoms with Crippen molar-refractivity contribution in [2.45, 2.75) is 0 Å². The van der Waals surface area contributed by atoms with E-state index in [1.54, 1.807) is 22.0 Å². The highest BCUT2D eigenvalue weighted by Gasteiger charge is 2.24. The molecule has 7 heteroatoms. The highest BCUT2D eigenvalue weighted by atomic mass is 16.5. The van der Waals surface area contributed by atoms with Crippen LogP contribution >= 0.6 is 0 Å². The summed E-state index contributed by atoms with van der Waals surface area (Å²) in [7, 11) is 0. The number of aliphatic hydroxyl groups excluding tert-OH is 1. The monoisotopic (exact) mass is 302 g/mol. The van der Waals surface area contributed by atoms with Crippen LogP contribution in [0.5, 0.6) is 0 Å². The van der Waals surface area contributed by atoms with E-state index in [9.17, 15) is 9.90 Å². The first-order chi connectivity index (χ1) is 10.8. The average molecular weight is 302 g/mol. The number of carbonyl (C=O) groups is 1. The number of nitrogens with zero attached hydrogens (tertiary/aromatic N) is 4. The number of para-hydroxylation sites is 1. The first-order valence-electron chi connectivity index (χ1n) is 7.21. The van der Waals surface area contributed by atoms with Gasteiger partial charge in [-0.2, -0.15) is 5.10 Å². The number of benzene rings is 1. The largest absolute Gasteiger partial charge is 0.396 e. The summed E-state index contributed by atoms with van der Waals surface area (Å²) >= 11 is 0. The summed E-state index contributed by atoms with van der Waals surface area (Å²) in [5.41, 5.74) is 1.25. The number of aliphatic hydroxyl groups is 1. The lowest BCUT2D eigenvalue weighted by molar-refractivity contribution is 0.0728. The molecule has 2 aromatic rings. The molecule has 0 aliphatic carbocycles. The van der Waals surface area contributed by atoms with Gasteiger partial charge in [0, 0.05) is 25.6 Å². The topological polar surface area (TPSA) is 80.5 Å². The zero-order valence-electron chi connectivity index (χ0n) is 12.1. The summed E-state index contributed by atoms with van der Waals surface area (Å²) in [4.78, 5) is 18.5. The fourth-order valence-corrected chi connectivity index (χ4v) is 2.53. The number of hydrogen-bond acceptors (Lipinski definition) is 5.